The van der Waals surface area contributed by atoms with Crippen molar-refractivity contribution < 1.29 is 4.74 Å². The number of rotatable bonds is 5. The van der Waals surface area contributed by atoms with Crippen LogP contribution in [0.4, 0.5) is 0 Å². The fourth-order valence-electron chi connectivity index (χ4n) is 2.84. The largest absolute Gasteiger partial charge is 0.376 e. The molecule has 0 aromatic carbocycles. The number of hydrogen-bond donors (Lipinski definition) is 2. The zero-order valence-electron chi connectivity index (χ0n) is 11.8. The Kier molecular flexibility index (Phi) is 4.87. The Morgan fingerprint density at radius 2 is 2.17 bits per heavy atom. The maximum atomic E-state index is 5.60. The second kappa shape index (κ2) is 6.41. The second-order valence-electron chi connectivity index (χ2n) is 5.65. The minimum Gasteiger partial charge on any atom is -0.376 e. The Morgan fingerprint density at radius 1 is 1.33 bits per heavy atom. The Balaban J connectivity index is 1.68. The average molecular weight is 253 g/mol. The first-order valence-electron chi connectivity index (χ1n) is 7.34. The van der Waals surface area contributed by atoms with Crippen LogP contribution in [0.15, 0.2) is 4.99 Å². The topological polar surface area (TPSA) is 45.7 Å². The highest BCUT2D eigenvalue weighted by Crippen LogP contribution is 2.42. The fourth-order valence-corrected chi connectivity index (χ4v) is 2.84. The van der Waals surface area contributed by atoms with E-state index in [0.29, 0.717) is 11.5 Å². The van der Waals surface area contributed by atoms with Gasteiger partial charge in [0.05, 0.1) is 6.10 Å². The van der Waals surface area contributed by atoms with E-state index in [1.165, 1.54) is 38.5 Å². The van der Waals surface area contributed by atoms with Crippen molar-refractivity contribution in [3.63, 3.8) is 0 Å². The van der Waals surface area contributed by atoms with Crippen LogP contribution in [0.25, 0.3) is 0 Å². The Hall–Kier alpha value is -0.770. The van der Waals surface area contributed by atoms with E-state index < -0.39 is 0 Å². The molecule has 4 heteroatoms. The molecule has 1 saturated carbocycles. The van der Waals surface area contributed by atoms with E-state index in [-0.39, 0.29) is 0 Å². The van der Waals surface area contributed by atoms with Crippen LogP contribution >= 0.6 is 0 Å². The van der Waals surface area contributed by atoms with Crippen LogP contribution in [0.2, 0.25) is 0 Å². The molecule has 104 valence electrons. The van der Waals surface area contributed by atoms with Crippen LogP contribution in [-0.4, -0.2) is 38.8 Å². The number of ether oxygens (including phenoxy) is 1. The summed E-state index contributed by atoms with van der Waals surface area (Å²) >= 11 is 0. The lowest BCUT2D eigenvalue weighted by atomic mass is 9.67. The Bertz CT molecular complexity index is 275. The third kappa shape index (κ3) is 3.37. The van der Waals surface area contributed by atoms with Gasteiger partial charge in [0.15, 0.2) is 5.96 Å². The quantitative estimate of drug-likeness (QED) is 0.581. The van der Waals surface area contributed by atoms with Crippen molar-refractivity contribution in [2.45, 2.75) is 51.6 Å². The minimum atomic E-state index is 0.368. The molecular formula is C14H27N3O. The average Bonchev–Trinajstić information content (AvgIpc) is 2.85. The van der Waals surface area contributed by atoms with Crippen molar-refractivity contribution in [2.24, 2.45) is 10.4 Å². The zero-order chi connectivity index (χ0) is 12.8. The molecule has 0 spiro atoms. The molecule has 4 nitrogen and oxygen atoms in total. The highest BCUT2D eigenvalue weighted by atomic mass is 16.5. The molecule has 1 aliphatic carbocycles. The zero-order valence-corrected chi connectivity index (χ0v) is 11.8. The number of nitrogens with zero attached hydrogens (tertiary/aromatic N) is 1. The monoisotopic (exact) mass is 253 g/mol. The van der Waals surface area contributed by atoms with Gasteiger partial charge in [-0.3, -0.25) is 4.99 Å². The van der Waals surface area contributed by atoms with Crippen molar-refractivity contribution in [3.05, 3.63) is 0 Å². The summed E-state index contributed by atoms with van der Waals surface area (Å²) in [6, 6.07) is 0. The van der Waals surface area contributed by atoms with E-state index in [2.05, 4.69) is 22.5 Å². The molecule has 0 aromatic rings. The number of hydrogen-bond acceptors (Lipinski definition) is 2. The van der Waals surface area contributed by atoms with E-state index in [1.54, 1.807) is 0 Å². The number of nitrogens with one attached hydrogen (secondary N) is 2. The first-order valence-corrected chi connectivity index (χ1v) is 7.34. The van der Waals surface area contributed by atoms with Gasteiger partial charge in [-0.15, -0.1) is 0 Å². The molecule has 2 fully saturated rings. The standard InChI is InChI=1S/C14H27N3O/c1-3-14(7-5-8-14)11-17-13(15-2)16-10-12-6-4-9-18-12/h12H,3-11H2,1-2H3,(H2,15,16,17). The van der Waals surface area contributed by atoms with Gasteiger partial charge in [0.1, 0.15) is 0 Å². The molecule has 1 saturated heterocycles. The highest BCUT2D eigenvalue weighted by molar-refractivity contribution is 5.79. The smallest absolute Gasteiger partial charge is 0.191 e. The Labute approximate surface area is 111 Å². The van der Waals surface area contributed by atoms with Crippen LogP contribution in [0.1, 0.15) is 45.4 Å². The van der Waals surface area contributed by atoms with Gasteiger partial charge in [-0.2, -0.15) is 0 Å². The summed E-state index contributed by atoms with van der Waals surface area (Å²) in [6.45, 7) is 5.13. The van der Waals surface area contributed by atoms with E-state index in [4.69, 9.17) is 4.74 Å². The molecule has 1 aliphatic heterocycles. The lowest BCUT2D eigenvalue weighted by Crippen LogP contribution is -2.47. The van der Waals surface area contributed by atoms with Gasteiger partial charge < -0.3 is 15.4 Å². The summed E-state index contributed by atoms with van der Waals surface area (Å²) in [6.07, 6.45) is 8.10. The molecule has 18 heavy (non-hydrogen) atoms. The highest BCUT2D eigenvalue weighted by Gasteiger charge is 2.34. The van der Waals surface area contributed by atoms with Gasteiger partial charge >= 0.3 is 0 Å². The molecule has 2 N–H and O–H groups in total. The molecule has 1 atom stereocenters. The first-order chi connectivity index (χ1) is 8.78. The van der Waals surface area contributed by atoms with Gasteiger partial charge in [0.2, 0.25) is 0 Å². The summed E-state index contributed by atoms with van der Waals surface area (Å²) in [7, 11) is 1.84. The van der Waals surface area contributed by atoms with Crippen LogP contribution in [0, 0.1) is 5.41 Å². The molecule has 1 heterocycles. The molecule has 0 bridgehead atoms. The molecule has 1 unspecified atom stereocenters. The summed E-state index contributed by atoms with van der Waals surface area (Å²) in [5.74, 6) is 0.922. The van der Waals surface area contributed by atoms with E-state index in [9.17, 15) is 0 Å². The summed E-state index contributed by atoms with van der Waals surface area (Å²) in [4.78, 5) is 4.28. The van der Waals surface area contributed by atoms with Crippen LogP contribution in [0.3, 0.4) is 0 Å². The van der Waals surface area contributed by atoms with Gasteiger partial charge in [0.25, 0.3) is 0 Å². The van der Waals surface area contributed by atoms with Crippen LogP contribution in [0.5, 0.6) is 0 Å². The van der Waals surface area contributed by atoms with E-state index in [1.807, 2.05) is 7.05 Å². The molecule has 0 amide bonds. The number of aliphatic imine (C=N–C) groups is 1. The predicted octanol–water partition coefficient (Wildman–Crippen LogP) is 1.91. The summed E-state index contributed by atoms with van der Waals surface area (Å²) in [5.41, 5.74) is 0.529. The molecule has 0 radical (unpaired) electrons. The van der Waals surface area contributed by atoms with Crippen LogP contribution in [-0.2, 0) is 4.74 Å². The molecular weight excluding hydrogens is 226 g/mol. The maximum Gasteiger partial charge on any atom is 0.191 e. The van der Waals surface area contributed by atoms with Crippen molar-refractivity contribution in [3.8, 4) is 0 Å². The summed E-state index contributed by atoms with van der Waals surface area (Å²) < 4.78 is 5.60. The van der Waals surface area contributed by atoms with Crippen molar-refractivity contribution >= 4 is 5.96 Å². The molecule has 2 aliphatic rings. The third-order valence-corrected chi connectivity index (χ3v) is 4.54. The lowest BCUT2D eigenvalue weighted by molar-refractivity contribution is 0.113. The lowest BCUT2D eigenvalue weighted by Gasteiger charge is -2.41. The van der Waals surface area contributed by atoms with Crippen molar-refractivity contribution in [1.82, 2.24) is 10.6 Å². The third-order valence-electron chi connectivity index (χ3n) is 4.54. The van der Waals surface area contributed by atoms with Crippen LogP contribution < -0.4 is 10.6 Å². The van der Waals surface area contributed by atoms with Gasteiger partial charge in [-0.25, -0.2) is 0 Å². The van der Waals surface area contributed by atoms with Crippen molar-refractivity contribution in [2.75, 3.05) is 26.7 Å². The predicted molar refractivity (Wildman–Crippen MR) is 74.9 cm³/mol. The van der Waals surface area contributed by atoms with Gasteiger partial charge in [-0.05, 0) is 37.5 Å². The van der Waals surface area contributed by atoms with Gasteiger partial charge in [0, 0.05) is 26.7 Å². The minimum absolute atomic E-state index is 0.368. The molecule has 0 aromatic heterocycles. The fraction of sp³-hybridized carbons (Fsp3) is 0.929. The number of guanidine groups is 1. The normalized spacial score (nSPS) is 26.8. The van der Waals surface area contributed by atoms with Crippen molar-refractivity contribution in [1.29, 1.82) is 0 Å². The first kappa shape index (κ1) is 13.7. The van der Waals surface area contributed by atoms with E-state index in [0.717, 1.165) is 25.7 Å². The maximum absolute atomic E-state index is 5.60. The van der Waals surface area contributed by atoms with E-state index >= 15 is 0 Å². The Morgan fingerprint density at radius 3 is 2.67 bits per heavy atom. The second-order valence-corrected chi connectivity index (χ2v) is 5.65. The van der Waals surface area contributed by atoms with Gasteiger partial charge in [-0.1, -0.05) is 13.3 Å². The SMILES string of the molecule is CCC1(CNC(=NC)NCC2CCCO2)CCC1. The molecule has 2 rings (SSSR count). The summed E-state index contributed by atoms with van der Waals surface area (Å²) in [5, 5.41) is 6.84.